The number of ether oxygens (including phenoxy) is 1. The molecule has 0 saturated heterocycles. The largest absolute Gasteiger partial charge is 0.467 e. The SMILES string of the molecule is C=CC[C@H](NC(=O)CCC(=O)N[C@H](C)c1ccccc1)C(=O)OC. The first kappa shape index (κ1) is 19.4. The van der Waals surface area contributed by atoms with Crippen LogP contribution in [0.25, 0.3) is 0 Å². The van der Waals surface area contributed by atoms with Crippen LogP contribution >= 0.6 is 0 Å². The van der Waals surface area contributed by atoms with E-state index in [-0.39, 0.29) is 37.1 Å². The zero-order chi connectivity index (χ0) is 17.9. The van der Waals surface area contributed by atoms with E-state index in [2.05, 4.69) is 21.9 Å². The van der Waals surface area contributed by atoms with E-state index < -0.39 is 12.0 Å². The van der Waals surface area contributed by atoms with Gasteiger partial charge < -0.3 is 15.4 Å². The van der Waals surface area contributed by atoms with Gasteiger partial charge in [0.1, 0.15) is 6.04 Å². The fraction of sp³-hybridized carbons (Fsp3) is 0.389. The molecule has 2 atom stereocenters. The van der Waals surface area contributed by atoms with Crippen molar-refractivity contribution < 1.29 is 19.1 Å². The minimum Gasteiger partial charge on any atom is -0.467 e. The molecule has 0 bridgehead atoms. The highest BCUT2D eigenvalue weighted by Crippen LogP contribution is 2.11. The Kier molecular flexibility index (Phi) is 8.25. The second kappa shape index (κ2) is 10.2. The molecule has 1 aromatic rings. The van der Waals surface area contributed by atoms with E-state index in [1.54, 1.807) is 0 Å². The summed E-state index contributed by atoms with van der Waals surface area (Å²) in [5, 5.41) is 5.38. The normalized spacial score (nSPS) is 12.6. The Hall–Kier alpha value is -2.63. The third kappa shape index (κ3) is 6.64. The molecule has 6 heteroatoms. The maximum atomic E-state index is 11.9. The smallest absolute Gasteiger partial charge is 0.328 e. The quantitative estimate of drug-likeness (QED) is 0.534. The van der Waals surface area contributed by atoms with Crippen molar-refractivity contribution in [3.05, 3.63) is 48.6 Å². The molecular weight excluding hydrogens is 308 g/mol. The van der Waals surface area contributed by atoms with Crippen LogP contribution in [0.3, 0.4) is 0 Å². The van der Waals surface area contributed by atoms with E-state index >= 15 is 0 Å². The summed E-state index contributed by atoms with van der Waals surface area (Å²) in [6.07, 6.45) is 1.84. The third-order valence-electron chi connectivity index (χ3n) is 3.48. The average molecular weight is 332 g/mol. The zero-order valence-electron chi connectivity index (χ0n) is 14.1. The number of hydrogen-bond donors (Lipinski definition) is 2. The second-order valence-electron chi connectivity index (χ2n) is 5.37. The van der Waals surface area contributed by atoms with Crippen molar-refractivity contribution in [1.82, 2.24) is 10.6 Å². The van der Waals surface area contributed by atoms with Crippen LogP contribution in [0.2, 0.25) is 0 Å². The van der Waals surface area contributed by atoms with Crippen molar-refractivity contribution in [2.24, 2.45) is 0 Å². The summed E-state index contributed by atoms with van der Waals surface area (Å²) in [5.74, 6) is -1.14. The molecule has 0 aliphatic heterocycles. The first-order chi connectivity index (χ1) is 11.5. The molecule has 0 radical (unpaired) electrons. The molecule has 1 rings (SSSR count). The fourth-order valence-corrected chi connectivity index (χ4v) is 2.16. The fourth-order valence-electron chi connectivity index (χ4n) is 2.16. The van der Waals surface area contributed by atoms with Crippen molar-refractivity contribution in [2.75, 3.05) is 7.11 Å². The lowest BCUT2D eigenvalue weighted by molar-refractivity contribution is -0.145. The Morgan fingerprint density at radius 1 is 1.12 bits per heavy atom. The molecule has 130 valence electrons. The van der Waals surface area contributed by atoms with Crippen LogP contribution in [0.15, 0.2) is 43.0 Å². The van der Waals surface area contributed by atoms with Gasteiger partial charge in [-0.2, -0.15) is 0 Å². The molecule has 2 N–H and O–H groups in total. The van der Waals surface area contributed by atoms with Gasteiger partial charge in [0.25, 0.3) is 0 Å². The predicted molar refractivity (Wildman–Crippen MR) is 91.0 cm³/mol. The minimum absolute atomic E-state index is 0.00200. The van der Waals surface area contributed by atoms with Gasteiger partial charge in [0.15, 0.2) is 0 Å². The first-order valence-electron chi connectivity index (χ1n) is 7.80. The number of carbonyl (C=O) groups excluding carboxylic acids is 3. The molecule has 0 unspecified atom stereocenters. The first-order valence-corrected chi connectivity index (χ1v) is 7.80. The van der Waals surface area contributed by atoms with Crippen molar-refractivity contribution >= 4 is 17.8 Å². The highest BCUT2D eigenvalue weighted by molar-refractivity contribution is 5.87. The Balaban J connectivity index is 2.41. The molecule has 2 amide bonds. The van der Waals surface area contributed by atoms with Crippen molar-refractivity contribution in [1.29, 1.82) is 0 Å². The summed E-state index contributed by atoms with van der Waals surface area (Å²) in [6, 6.07) is 8.65. The molecule has 0 aliphatic carbocycles. The Morgan fingerprint density at radius 3 is 2.25 bits per heavy atom. The number of amides is 2. The van der Waals surface area contributed by atoms with Crippen molar-refractivity contribution in [3.63, 3.8) is 0 Å². The number of esters is 1. The van der Waals surface area contributed by atoms with Gasteiger partial charge in [0.2, 0.25) is 11.8 Å². The topological polar surface area (TPSA) is 84.5 Å². The minimum atomic E-state index is -0.772. The number of benzene rings is 1. The van der Waals surface area contributed by atoms with Gasteiger partial charge in [-0.15, -0.1) is 6.58 Å². The molecule has 0 heterocycles. The Morgan fingerprint density at radius 2 is 1.71 bits per heavy atom. The lowest BCUT2D eigenvalue weighted by Crippen LogP contribution is -2.41. The molecule has 0 spiro atoms. The molecule has 0 aliphatic rings. The van der Waals surface area contributed by atoms with E-state index in [9.17, 15) is 14.4 Å². The summed E-state index contributed by atoms with van der Waals surface area (Å²) in [5.41, 5.74) is 0.993. The van der Waals surface area contributed by atoms with Crippen LogP contribution < -0.4 is 10.6 Å². The number of carbonyl (C=O) groups is 3. The molecular formula is C18H24N2O4. The lowest BCUT2D eigenvalue weighted by Gasteiger charge is -2.16. The van der Waals surface area contributed by atoms with E-state index in [0.29, 0.717) is 0 Å². The van der Waals surface area contributed by atoms with Crippen molar-refractivity contribution in [2.45, 2.75) is 38.3 Å². The van der Waals surface area contributed by atoms with Crippen LogP contribution in [-0.4, -0.2) is 30.9 Å². The van der Waals surface area contributed by atoms with Gasteiger partial charge in [-0.3, -0.25) is 9.59 Å². The second-order valence-corrected chi connectivity index (χ2v) is 5.37. The van der Waals surface area contributed by atoms with Gasteiger partial charge in [-0.1, -0.05) is 36.4 Å². The summed E-state index contributed by atoms with van der Waals surface area (Å²) >= 11 is 0. The van der Waals surface area contributed by atoms with Crippen molar-refractivity contribution in [3.8, 4) is 0 Å². The molecule has 24 heavy (non-hydrogen) atoms. The summed E-state index contributed by atoms with van der Waals surface area (Å²) < 4.78 is 4.61. The zero-order valence-corrected chi connectivity index (χ0v) is 14.1. The Bertz CT molecular complexity index is 572. The molecule has 6 nitrogen and oxygen atoms in total. The molecule has 1 aromatic carbocycles. The van der Waals surface area contributed by atoms with Crippen LogP contribution in [0.5, 0.6) is 0 Å². The van der Waals surface area contributed by atoms with Crippen LogP contribution in [0, 0.1) is 0 Å². The van der Waals surface area contributed by atoms with E-state index in [0.717, 1.165) is 5.56 Å². The van der Waals surface area contributed by atoms with Gasteiger partial charge in [0.05, 0.1) is 13.2 Å². The van der Waals surface area contributed by atoms with Crippen LogP contribution in [-0.2, 0) is 19.1 Å². The Labute approximate surface area is 142 Å². The van der Waals surface area contributed by atoms with E-state index in [1.807, 2.05) is 37.3 Å². The van der Waals surface area contributed by atoms with Gasteiger partial charge in [0, 0.05) is 12.8 Å². The summed E-state index contributed by atoms with van der Waals surface area (Å²) in [6.45, 7) is 5.42. The highest BCUT2D eigenvalue weighted by Gasteiger charge is 2.20. The number of rotatable bonds is 9. The monoisotopic (exact) mass is 332 g/mol. The van der Waals surface area contributed by atoms with Crippen LogP contribution in [0.4, 0.5) is 0 Å². The number of methoxy groups -OCH3 is 1. The maximum Gasteiger partial charge on any atom is 0.328 e. The molecule has 0 aromatic heterocycles. The third-order valence-corrected chi connectivity index (χ3v) is 3.48. The van der Waals surface area contributed by atoms with Gasteiger partial charge in [-0.05, 0) is 18.9 Å². The number of nitrogens with one attached hydrogen (secondary N) is 2. The molecule has 0 fully saturated rings. The van der Waals surface area contributed by atoms with E-state index in [1.165, 1.54) is 13.2 Å². The summed E-state index contributed by atoms with van der Waals surface area (Å²) in [7, 11) is 1.25. The van der Waals surface area contributed by atoms with Crippen LogP contribution in [0.1, 0.15) is 37.8 Å². The standard InChI is InChI=1S/C18H24N2O4/c1-4-8-15(18(23)24-3)20-17(22)12-11-16(21)19-13(2)14-9-6-5-7-10-14/h4-7,9-10,13,15H,1,8,11-12H2,2-3H3,(H,19,21)(H,20,22)/t13-,15+/m1/s1. The lowest BCUT2D eigenvalue weighted by atomic mass is 10.1. The summed E-state index contributed by atoms with van der Waals surface area (Å²) in [4.78, 5) is 35.3. The van der Waals surface area contributed by atoms with Gasteiger partial charge in [-0.25, -0.2) is 4.79 Å². The molecule has 0 saturated carbocycles. The maximum absolute atomic E-state index is 11.9. The van der Waals surface area contributed by atoms with E-state index in [4.69, 9.17) is 0 Å². The highest BCUT2D eigenvalue weighted by atomic mass is 16.5. The number of hydrogen-bond acceptors (Lipinski definition) is 4. The predicted octanol–water partition coefficient (Wildman–Crippen LogP) is 1.88. The van der Waals surface area contributed by atoms with Gasteiger partial charge >= 0.3 is 5.97 Å². The average Bonchev–Trinajstić information content (AvgIpc) is 2.59.